The molecule has 1 aromatic heterocycles. The van der Waals surface area contributed by atoms with Crippen LogP contribution in [0, 0.1) is 0 Å². The van der Waals surface area contributed by atoms with Gasteiger partial charge >= 0.3 is 0 Å². The first-order valence-corrected chi connectivity index (χ1v) is 8.15. The number of nitrogens with zero attached hydrogens (tertiary/aromatic N) is 3. The van der Waals surface area contributed by atoms with Crippen molar-refractivity contribution in [3.05, 3.63) is 66.7 Å². The third-order valence-corrected chi connectivity index (χ3v) is 3.54. The van der Waals surface area contributed by atoms with Crippen molar-refractivity contribution in [3.8, 4) is 17.2 Å². The average Bonchev–Trinajstić information content (AvgIpc) is 3.10. The minimum Gasteiger partial charge on any atom is -0.494 e. The maximum absolute atomic E-state index is 5.92. The summed E-state index contributed by atoms with van der Waals surface area (Å²) in [6, 6.07) is 15.7. The molecule has 2 aromatic carbocycles. The first-order chi connectivity index (χ1) is 11.8. The van der Waals surface area contributed by atoms with Crippen LogP contribution in [0.5, 0.6) is 17.2 Å². The molecule has 0 fully saturated rings. The lowest BCUT2D eigenvalue weighted by molar-refractivity contribution is 0.309. The highest BCUT2D eigenvalue weighted by atomic mass is 16.5. The highest BCUT2D eigenvalue weighted by Gasteiger charge is 2.02. The van der Waals surface area contributed by atoms with Gasteiger partial charge in [-0.05, 0) is 48.4 Å². The SMILES string of the molecule is CCCCOc1ccc(Oc2cccc(Cn3cncn3)c2)cc1. The van der Waals surface area contributed by atoms with E-state index in [9.17, 15) is 0 Å². The first-order valence-electron chi connectivity index (χ1n) is 8.15. The van der Waals surface area contributed by atoms with Crippen molar-refractivity contribution in [2.45, 2.75) is 26.3 Å². The Morgan fingerprint density at radius 2 is 1.83 bits per heavy atom. The van der Waals surface area contributed by atoms with Crippen molar-refractivity contribution in [2.75, 3.05) is 6.61 Å². The van der Waals surface area contributed by atoms with Crippen LogP contribution in [0.15, 0.2) is 61.2 Å². The Morgan fingerprint density at radius 3 is 2.58 bits per heavy atom. The van der Waals surface area contributed by atoms with E-state index < -0.39 is 0 Å². The van der Waals surface area contributed by atoms with Gasteiger partial charge in [-0.15, -0.1) is 0 Å². The molecule has 0 aliphatic heterocycles. The second-order valence-corrected chi connectivity index (χ2v) is 5.52. The normalized spacial score (nSPS) is 10.5. The summed E-state index contributed by atoms with van der Waals surface area (Å²) in [5, 5.41) is 4.12. The molecule has 0 aliphatic rings. The zero-order valence-electron chi connectivity index (χ0n) is 13.8. The van der Waals surface area contributed by atoms with Gasteiger partial charge in [0.05, 0.1) is 13.2 Å². The van der Waals surface area contributed by atoms with Crippen molar-refractivity contribution in [3.63, 3.8) is 0 Å². The molecular formula is C19H21N3O2. The summed E-state index contributed by atoms with van der Waals surface area (Å²) in [4.78, 5) is 3.95. The maximum atomic E-state index is 5.92. The molecule has 5 nitrogen and oxygen atoms in total. The van der Waals surface area contributed by atoms with Crippen LogP contribution in [0.25, 0.3) is 0 Å². The van der Waals surface area contributed by atoms with E-state index in [0.29, 0.717) is 6.54 Å². The van der Waals surface area contributed by atoms with E-state index in [2.05, 4.69) is 17.0 Å². The van der Waals surface area contributed by atoms with Gasteiger partial charge in [0.15, 0.2) is 0 Å². The van der Waals surface area contributed by atoms with Crippen LogP contribution in [-0.2, 0) is 6.54 Å². The molecule has 0 spiro atoms. The molecule has 0 aliphatic carbocycles. The van der Waals surface area contributed by atoms with E-state index in [4.69, 9.17) is 9.47 Å². The van der Waals surface area contributed by atoms with Gasteiger partial charge in [0.1, 0.15) is 29.9 Å². The summed E-state index contributed by atoms with van der Waals surface area (Å²) in [5.41, 5.74) is 1.11. The maximum Gasteiger partial charge on any atom is 0.137 e. The first kappa shape index (κ1) is 16.1. The van der Waals surface area contributed by atoms with Gasteiger partial charge in [0.25, 0.3) is 0 Å². The van der Waals surface area contributed by atoms with Crippen LogP contribution in [0.4, 0.5) is 0 Å². The lowest BCUT2D eigenvalue weighted by Gasteiger charge is -2.09. The fraction of sp³-hybridized carbons (Fsp3) is 0.263. The van der Waals surface area contributed by atoms with E-state index in [1.807, 2.05) is 48.5 Å². The van der Waals surface area contributed by atoms with Crippen molar-refractivity contribution in [2.24, 2.45) is 0 Å². The topological polar surface area (TPSA) is 49.2 Å². The number of ether oxygens (including phenoxy) is 2. The van der Waals surface area contributed by atoms with Crippen molar-refractivity contribution in [1.82, 2.24) is 14.8 Å². The average molecular weight is 323 g/mol. The number of rotatable bonds is 8. The zero-order chi connectivity index (χ0) is 16.6. The molecule has 3 rings (SSSR count). The summed E-state index contributed by atoms with van der Waals surface area (Å²) in [6.07, 6.45) is 5.43. The molecule has 0 atom stereocenters. The van der Waals surface area contributed by atoms with Gasteiger partial charge in [0, 0.05) is 0 Å². The van der Waals surface area contributed by atoms with E-state index in [1.165, 1.54) is 6.33 Å². The predicted molar refractivity (Wildman–Crippen MR) is 92.5 cm³/mol. The molecular weight excluding hydrogens is 302 g/mol. The smallest absolute Gasteiger partial charge is 0.137 e. The number of benzene rings is 2. The minimum absolute atomic E-state index is 0.668. The molecule has 0 saturated heterocycles. The van der Waals surface area contributed by atoms with Crippen LogP contribution in [0.1, 0.15) is 25.3 Å². The van der Waals surface area contributed by atoms with Gasteiger partial charge in [-0.1, -0.05) is 25.5 Å². The standard InChI is InChI=1S/C19H21N3O2/c1-2-3-11-23-17-7-9-18(10-8-17)24-19-6-4-5-16(12-19)13-22-15-20-14-21-22/h4-10,12,14-15H,2-3,11,13H2,1H3. The molecule has 0 radical (unpaired) electrons. The fourth-order valence-electron chi connectivity index (χ4n) is 2.28. The lowest BCUT2D eigenvalue weighted by atomic mass is 10.2. The number of aromatic nitrogens is 3. The van der Waals surface area contributed by atoms with Crippen LogP contribution >= 0.6 is 0 Å². The molecule has 1 heterocycles. The zero-order valence-corrected chi connectivity index (χ0v) is 13.8. The summed E-state index contributed by atoms with van der Waals surface area (Å²) in [6.45, 7) is 3.57. The highest BCUT2D eigenvalue weighted by molar-refractivity contribution is 5.36. The van der Waals surface area contributed by atoms with Gasteiger partial charge in [-0.2, -0.15) is 5.10 Å². The fourth-order valence-corrected chi connectivity index (χ4v) is 2.28. The van der Waals surface area contributed by atoms with E-state index in [-0.39, 0.29) is 0 Å². The van der Waals surface area contributed by atoms with Gasteiger partial charge in [0.2, 0.25) is 0 Å². The summed E-state index contributed by atoms with van der Waals surface area (Å²) in [7, 11) is 0. The van der Waals surface area contributed by atoms with E-state index in [1.54, 1.807) is 11.0 Å². The molecule has 24 heavy (non-hydrogen) atoms. The van der Waals surface area contributed by atoms with Crippen molar-refractivity contribution in [1.29, 1.82) is 0 Å². The second-order valence-electron chi connectivity index (χ2n) is 5.52. The molecule has 0 unspecified atom stereocenters. The third kappa shape index (κ3) is 4.59. The van der Waals surface area contributed by atoms with Crippen LogP contribution in [0.3, 0.4) is 0 Å². The largest absolute Gasteiger partial charge is 0.494 e. The van der Waals surface area contributed by atoms with Crippen molar-refractivity contribution < 1.29 is 9.47 Å². The van der Waals surface area contributed by atoms with Crippen LogP contribution in [-0.4, -0.2) is 21.4 Å². The molecule has 124 valence electrons. The summed E-state index contributed by atoms with van der Waals surface area (Å²) in [5.74, 6) is 2.46. The third-order valence-electron chi connectivity index (χ3n) is 3.54. The van der Waals surface area contributed by atoms with Crippen molar-refractivity contribution >= 4 is 0 Å². The number of hydrogen-bond acceptors (Lipinski definition) is 4. The Morgan fingerprint density at radius 1 is 1.00 bits per heavy atom. The quantitative estimate of drug-likeness (QED) is 0.580. The van der Waals surface area contributed by atoms with Crippen LogP contribution in [0.2, 0.25) is 0 Å². The van der Waals surface area contributed by atoms with Gasteiger partial charge in [-0.3, -0.25) is 0 Å². The Kier molecular flexibility index (Phi) is 5.45. The number of hydrogen-bond donors (Lipinski definition) is 0. The van der Waals surface area contributed by atoms with E-state index in [0.717, 1.165) is 42.3 Å². The molecule has 3 aromatic rings. The second kappa shape index (κ2) is 8.15. The number of unbranched alkanes of at least 4 members (excludes halogenated alkanes) is 1. The highest BCUT2D eigenvalue weighted by Crippen LogP contribution is 2.24. The Labute approximate surface area is 141 Å². The van der Waals surface area contributed by atoms with E-state index >= 15 is 0 Å². The van der Waals surface area contributed by atoms with Gasteiger partial charge < -0.3 is 9.47 Å². The summed E-state index contributed by atoms with van der Waals surface area (Å²) < 4.78 is 13.4. The predicted octanol–water partition coefficient (Wildman–Crippen LogP) is 4.30. The molecule has 0 saturated carbocycles. The Balaban J connectivity index is 1.61. The Hall–Kier alpha value is -2.82. The monoisotopic (exact) mass is 323 g/mol. The van der Waals surface area contributed by atoms with Crippen LogP contribution < -0.4 is 9.47 Å². The molecule has 0 N–H and O–H groups in total. The Bertz CT molecular complexity index is 740. The minimum atomic E-state index is 0.668. The summed E-state index contributed by atoms with van der Waals surface area (Å²) >= 11 is 0. The lowest BCUT2D eigenvalue weighted by Crippen LogP contribution is -2.00. The molecule has 5 heteroatoms. The van der Waals surface area contributed by atoms with Gasteiger partial charge in [-0.25, -0.2) is 9.67 Å². The molecule has 0 amide bonds. The molecule has 0 bridgehead atoms.